The summed E-state index contributed by atoms with van der Waals surface area (Å²) in [7, 11) is 1.77. The van der Waals surface area contributed by atoms with Crippen LogP contribution < -0.4 is 16.0 Å². The van der Waals surface area contributed by atoms with Crippen LogP contribution >= 0.6 is 24.0 Å². The van der Waals surface area contributed by atoms with Crippen LogP contribution in [0, 0.1) is 0 Å². The molecule has 0 aromatic heterocycles. The summed E-state index contributed by atoms with van der Waals surface area (Å²) in [6.07, 6.45) is 3.09. The van der Waals surface area contributed by atoms with Gasteiger partial charge in [0.1, 0.15) is 0 Å². The highest BCUT2D eigenvalue weighted by molar-refractivity contribution is 14.0. The van der Waals surface area contributed by atoms with Crippen LogP contribution in [0.3, 0.4) is 0 Å². The number of amides is 1. The molecule has 1 aliphatic heterocycles. The Bertz CT molecular complexity index is 569. The minimum absolute atomic E-state index is 0. The minimum Gasteiger partial charge on any atom is -0.373 e. The number of ether oxygens (including phenoxy) is 1. The lowest BCUT2D eigenvalue weighted by Gasteiger charge is -2.24. The SMILES string of the molecule is CN=C(NCCc1ccc(NC(C)=O)cc1)NCC1(C)CCCO1.I. The molecule has 1 saturated heterocycles. The Morgan fingerprint density at radius 1 is 1.28 bits per heavy atom. The summed E-state index contributed by atoms with van der Waals surface area (Å²) >= 11 is 0. The molecular formula is C18H29IN4O2. The van der Waals surface area contributed by atoms with Gasteiger partial charge in [-0.3, -0.25) is 9.79 Å². The van der Waals surface area contributed by atoms with Gasteiger partial charge in [-0.15, -0.1) is 24.0 Å². The standard InChI is InChI=1S/C18H28N4O2.HI/c1-14(23)22-16-7-5-15(6-8-16)9-11-20-17(19-3)21-13-18(2)10-4-12-24-18;/h5-8H,4,9-13H2,1-3H3,(H,22,23)(H2,19,20,21);1H. The molecule has 3 N–H and O–H groups in total. The predicted octanol–water partition coefficient (Wildman–Crippen LogP) is 2.54. The Balaban J connectivity index is 0.00000312. The van der Waals surface area contributed by atoms with Gasteiger partial charge in [-0.05, 0) is 43.9 Å². The molecule has 0 saturated carbocycles. The van der Waals surface area contributed by atoms with Crippen molar-refractivity contribution in [1.29, 1.82) is 0 Å². The Labute approximate surface area is 167 Å². The van der Waals surface area contributed by atoms with Gasteiger partial charge < -0.3 is 20.7 Å². The number of nitrogens with one attached hydrogen (secondary N) is 3. The molecule has 7 heteroatoms. The summed E-state index contributed by atoms with van der Waals surface area (Å²) in [4.78, 5) is 15.3. The maximum Gasteiger partial charge on any atom is 0.221 e. The Morgan fingerprint density at radius 2 is 2.00 bits per heavy atom. The van der Waals surface area contributed by atoms with E-state index in [4.69, 9.17) is 4.74 Å². The number of nitrogens with zero attached hydrogens (tertiary/aromatic N) is 1. The highest BCUT2D eigenvalue weighted by Crippen LogP contribution is 2.23. The number of aliphatic imine (C=N–C) groups is 1. The summed E-state index contributed by atoms with van der Waals surface area (Å²) in [5, 5.41) is 9.42. The van der Waals surface area contributed by atoms with Crippen molar-refractivity contribution >= 4 is 41.5 Å². The largest absolute Gasteiger partial charge is 0.373 e. The van der Waals surface area contributed by atoms with E-state index in [1.165, 1.54) is 12.5 Å². The topological polar surface area (TPSA) is 74.8 Å². The Kier molecular flexibility index (Phi) is 9.20. The molecule has 140 valence electrons. The molecule has 0 radical (unpaired) electrons. The van der Waals surface area contributed by atoms with Crippen molar-refractivity contribution < 1.29 is 9.53 Å². The molecule has 1 atom stereocenters. The van der Waals surface area contributed by atoms with Gasteiger partial charge in [0.2, 0.25) is 5.91 Å². The molecule has 1 amide bonds. The van der Waals surface area contributed by atoms with Crippen LogP contribution in [-0.4, -0.2) is 44.2 Å². The van der Waals surface area contributed by atoms with E-state index >= 15 is 0 Å². The molecule has 0 spiro atoms. The smallest absolute Gasteiger partial charge is 0.221 e. The van der Waals surface area contributed by atoms with Crippen LogP contribution in [0.2, 0.25) is 0 Å². The third kappa shape index (κ3) is 7.60. The predicted molar refractivity (Wildman–Crippen MR) is 113 cm³/mol. The zero-order chi connectivity index (χ0) is 17.4. The van der Waals surface area contributed by atoms with E-state index in [-0.39, 0.29) is 35.5 Å². The number of anilines is 1. The van der Waals surface area contributed by atoms with Crippen molar-refractivity contribution in [2.24, 2.45) is 4.99 Å². The van der Waals surface area contributed by atoms with E-state index in [1.54, 1.807) is 7.05 Å². The number of rotatable bonds is 6. The fourth-order valence-corrected chi connectivity index (χ4v) is 2.75. The molecule has 2 rings (SSSR count). The van der Waals surface area contributed by atoms with Crippen LogP contribution in [0.4, 0.5) is 5.69 Å². The third-order valence-electron chi connectivity index (χ3n) is 4.13. The molecule has 0 aliphatic carbocycles. The van der Waals surface area contributed by atoms with E-state index < -0.39 is 0 Å². The van der Waals surface area contributed by atoms with E-state index in [1.807, 2.05) is 24.3 Å². The van der Waals surface area contributed by atoms with Gasteiger partial charge in [-0.25, -0.2) is 0 Å². The Morgan fingerprint density at radius 3 is 2.56 bits per heavy atom. The van der Waals surface area contributed by atoms with Gasteiger partial charge in [0.25, 0.3) is 0 Å². The van der Waals surface area contributed by atoms with Crippen LogP contribution in [0.15, 0.2) is 29.3 Å². The van der Waals surface area contributed by atoms with Gasteiger partial charge in [-0.2, -0.15) is 0 Å². The van der Waals surface area contributed by atoms with Crippen molar-refractivity contribution in [2.45, 2.75) is 38.7 Å². The number of benzene rings is 1. The second-order valence-electron chi connectivity index (χ2n) is 6.38. The van der Waals surface area contributed by atoms with E-state index in [9.17, 15) is 4.79 Å². The number of hydrogen-bond acceptors (Lipinski definition) is 3. The molecule has 25 heavy (non-hydrogen) atoms. The van der Waals surface area contributed by atoms with Crippen molar-refractivity contribution in [1.82, 2.24) is 10.6 Å². The van der Waals surface area contributed by atoms with Crippen LogP contribution in [0.5, 0.6) is 0 Å². The fraction of sp³-hybridized carbons (Fsp3) is 0.556. The lowest BCUT2D eigenvalue weighted by molar-refractivity contribution is -0.114. The van der Waals surface area contributed by atoms with Crippen molar-refractivity contribution in [3.05, 3.63) is 29.8 Å². The number of carbonyl (C=O) groups is 1. The van der Waals surface area contributed by atoms with Crippen LogP contribution in [0.1, 0.15) is 32.3 Å². The first-order valence-electron chi connectivity index (χ1n) is 8.46. The average Bonchev–Trinajstić information content (AvgIpc) is 2.99. The number of halogens is 1. The average molecular weight is 460 g/mol. The summed E-state index contributed by atoms with van der Waals surface area (Å²) in [5.41, 5.74) is 1.94. The molecule has 1 heterocycles. The first-order valence-corrected chi connectivity index (χ1v) is 8.46. The highest BCUT2D eigenvalue weighted by Gasteiger charge is 2.29. The summed E-state index contributed by atoms with van der Waals surface area (Å²) in [6.45, 7) is 6.04. The molecule has 1 fully saturated rings. The molecular weight excluding hydrogens is 431 g/mol. The maximum atomic E-state index is 11.0. The second-order valence-corrected chi connectivity index (χ2v) is 6.38. The normalized spacial score (nSPS) is 19.9. The minimum atomic E-state index is -0.0861. The fourth-order valence-electron chi connectivity index (χ4n) is 2.75. The highest BCUT2D eigenvalue weighted by atomic mass is 127. The van der Waals surface area contributed by atoms with E-state index in [0.717, 1.165) is 50.6 Å². The van der Waals surface area contributed by atoms with Gasteiger partial charge in [0.05, 0.1) is 5.60 Å². The molecule has 1 aromatic carbocycles. The lowest BCUT2D eigenvalue weighted by Crippen LogP contribution is -2.45. The summed E-state index contributed by atoms with van der Waals surface area (Å²) in [5.74, 6) is 0.737. The lowest BCUT2D eigenvalue weighted by atomic mass is 10.0. The van der Waals surface area contributed by atoms with Crippen molar-refractivity contribution in [3.8, 4) is 0 Å². The second kappa shape index (κ2) is 10.6. The summed E-state index contributed by atoms with van der Waals surface area (Å²) in [6, 6.07) is 7.89. The van der Waals surface area contributed by atoms with Gasteiger partial charge in [0, 0.05) is 39.4 Å². The third-order valence-corrected chi connectivity index (χ3v) is 4.13. The quantitative estimate of drug-likeness (QED) is 0.347. The van der Waals surface area contributed by atoms with Crippen molar-refractivity contribution in [2.75, 3.05) is 32.1 Å². The van der Waals surface area contributed by atoms with Crippen LogP contribution in [0.25, 0.3) is 0 Å². The molecule has 1 unspecified atom stereocenters. The zero-order valence-corrected chi connectivity index (χ0v) is 17.6. The van der Waals surface area contributed by atoms with Crippen molar-refractivity contribution in [3.63, 3.8) is 0 Å². The monoisotopic (exact) mass is 460 g/mol. The molecule has 1 aromatic rings. The van der Waals surface area contributed by atoms with E-state index in [0.29, 0.717) is 0 Å². The van der Waals surface area contributed by atoms with E-state index in [2.05, 4.69) is 27.9 Å². The maximum absolute atomic E-state index is 11.0. The van der Waals surface area contributed by atoms with Gasteiger partial charge >= 0.3 is 0 Å². The molecule has 1 aliphatic rings. The first kappa shape index (κ1) is 21.7. The number of carbonyl (C=O) groups excluding carboxylic acids is 1. The van der Waals surface area contributed by atoms with Crippen LogP contribution in [-0.2, 0) is 16.0 Å². The molecule has 6 nitrogen and oxygen atoms in total. The summed E-state index contributed by atoms with van der Waals surface area (Å²) < 4.78 is 5.77. The zero-order valence-electron chi connectivity index (χ0n) is 15.2. The Hall–Kier alpha value is -1.35. The number of guanidine groups is 1. The number of hydrogen-bond donors (Lipinski definition) is 3. The van der Waals surface area contributed by atoms with Gasteiger partial charge in [-0.1, -0.05) is 12.1 Å². The first-order chi connectivity index (χ1) is 11.5. The van der Waals surface area contributed by atoms with Gasteiger partial charge in [0.15, 0.2) is 5.96 Å². The molecule has 0 bridgehead atoms.